The van der Waals surface area contributed by atoms with E-state index in [2.05, 4.69) is 62.3 Å². The fraction of sp³-hybridized carbons (Fsp3) is 1.00. The lowest BCUT2D eigenvalue weighted by molar-refractivity contribution is 0.468. The summed E-state index contributed by atoms with van der Waals surface area (Å²) in [5.41, 5.74) is 0.481. The molecule has 0 fully saturated rings. The Hall–Kier alpha value is 0.430. The monoisotopic (exact) mass is 217 g/mol. The van der Waals surface area contributed by atoms with Crippen molar-refractivity contribution in [1.82, 2.24) is 0 Å². The number of hydrogen-bond donors (Lipinski definition) is 0. The van der Waals surface area contributed by atoms with Crippen LogP contribution in [0.25, 0.3) is 0 Å². The zero-order chi connectivity index (χ0) is 11.8. The van der Waals surface area contributed by atoms with E-state index in [9.17, 15) is 0 Å². The van der Waals surface area contributed by atoms with Crippen LogP contribution in [-0.2, 0) is 0 Å². The summed E-state index contributed by atoms with van der Waals surface area (Å²) in [7, 11) is -0.333. The SMILES string of the molecule is CC(C)(C)C[PH+](C(C)(C)C)C(C)(C)C. The molecule has 0 heterocycles. The summed E-state index contributed by atoms with van der Waals surface area (Å²) in [4.78, 5) is 0. The molecule has 0 spiro atoms. The normalized spacial score (nSPS) is 15.0. The van der Waals surface area contributed by atoms with Crippen molar-refractivity contribution in [3.8, 4) is 0 Å². The molecule has 0 amide bonds. The van der Waals surface area contributed by atoms with Crippen LogP contribution in [0.5, 0.6) is 0 Å². The van der Waals surface area contributed by atoms with Crippen molar-refractivity contribution in [2.24, 2.45) is 5.41 Å². The van der Waals surface area contributed by atoms with E-state index >= 15 is 0 Å². The highest BCUT2D eigenvalue weighted by molar-refractivity contribution is 7.60. The Morgan fingerprint density at radius 3 is 1.00 bits per heavy atom. The van der Waals surface area contributed by atoms with E-state index < -0.39 is 0 Å². The van der Waals surface area contributed by atoms with Crippen molar-refractivity contribution >= 4 is 7.92 Å². The second-order valence-electron chi connectivity index (χ2n) is 7.72. The van der Waals surface area contributed by atoms with Crippen LogP contribution in [-0.4, -0.2) is 16.5 Å². The minimum Gasteiger partial charge on any atom is -0.0567 e. The summed E-state index contributed by atoms with van der Waals surface area (Å²) in [5.74, 6) is 0. The van der Waals surface area contributed by atoms with Crippen molar-refractivity contribution in [1.29, 1.82) is 0 Å². The Morgan fingerprint density at radius 2 is 0.929 bits per heavy atom. The zero-order valence-electron chi connectivity index (χ0n) is 11.7. The number of rotatable bonds is 1. The van der Waals surface area contributed by atoms with Crippen molar-refractivity contribution in [2.45, 2.75) is 72.6 Å². The average Bonchev–Trinajstić information content (AvgIpc) is 1.75. The summed E-state index contributed by atoms with van der Waals surface area (Å²) in [6.45, 7) is 21.6. The van der Waals surface area contributed by atoms with Gasteiger partial charge in [-0.1, -0.05) is 20.8 Å². The molecule has 0 atom stereocenters. The highest BCUT2D eigenvalue weighted by atomic mass is 31.1. The smallest absolute Gasteiger partial charge is 0.0567 e. The van der Waals surface area contributed by atoms with Crippen LogP contribution in [0.15, 0.2) is 0 Å². The Balaban J connectivity index is 4.78. The fourth-order valence-corrected chi connectivity index (χ4v) is 6.56. The first-order valence-electron chi connectivity index (χ1n) is 5.71. The van der Waals surface area contributed by atoms with Crippen LogP contribution in [0, 0.1) is 5.41 Å². The Morgan fingerprint density at radius 1 is 0.643 bits per heavy atom. The standard InChI is InChI=1S/C13H29P/c1-11(2,3)10-14(12(4,5)6)13(7,8)9/h10H2,1-9H3/p+1. The molecule has 0 saturated carbocycles. The van der Waals surface area contributed by atoms with Gasteiger partial charge >= 0.3 is 0 Å². The van der Waals surface area contributed by atoms with Crippen LogP contribution in [0.1, 0.15) is 62.3 Å². The van der Waals surface area contributed by atoms with Gasteiger partial charge in [0.15, 0.2) is 0 Å². The van der Waals surface area contributed by atoms with E-state index in [1.165, 1.54) is 6.16 Å². The van der Waals surface area contributed by atoms with Crippen LogP contribution in [0.3, 0.4) is 0 Å². The largest absolute Gasteiger partial charge is 0.0698 e. The molecule has 0 aliphatic heterocycles. The van der Waals surface area contributed by atoms with E-state index in [-0.39, 0.29) is 7.92 Å². The van der Waals surface area contributed by atoms with Crippen LogP contribution < -0.4 is 0 Å². The van der Waals surface area contributed by atoms with Crippen LogP contribution in [0.4, 0.5) is 0 Å². The van der Waals surface area contributed by atoms with E-state index in [4.69, 9.17) is 0 Å². The molecule has 0 rings (SSSR count). The molecule has 0 aromatic heterocycles. The van der Waals surface area contributed by atoms with E-state index in [0.717, 1.165) is 0 Å². The molecule has 0 nitrogen and oxygen atoms in total. The predicted octanol–water partition coefficient (Wildman–Crippen LogP) is 4.84. The van der Waals surface area contributed by atoms with Crippen LogP contribution >= 0.6 is 7.92 Å². The van der Waals surface area contributed by atoms with E-state index in [1.54, 1.807) is 0 Å². The molecule has 0 N–H and O–H groups in total. The zero-order valence-corrected chi connectivity index (χ0v) is 12.7. The summed E-state index contributed by atoms with van der Waals surface area (Å²) < 4.78 is 0. The topological polar surface area (TPSA) is 0 Å². The van der Waals surface area contributed by atoms with Gasteiger partial charge in [0.1, 0.15) is 0 Å². The van der Waals surface area contributed by atoms with E-state index in [1.807, 2.05) is 0 Å². The van der Waals surface area contributed by atoms with Gasteiger partial charge in [0, 0.05) is 7.92 Å². The van der Waals surface area contributed by atoms with Crippen molar-refractivity contribution in [3.05, 3.63) is 0 Å². The van der Waals surface area contributed by atoms with Gasteiger partial charge < -0.3 is 0 Å². The molecular weight excluding hydrogens is 187 g/mol. The van der Waals surface area contributed by atoms with Gasteiger partial charge in [-0.3, -0.25) is 0 Å². The third-order valence-corrected chi connectivity index (χ3v) is 7.55. The van der Waals surface area contributed by atoms with Gasteiger partial charge in [-0.25, -0.2) is 0 Å². The fourth-order valence-electron chi connectivity index (χ4n) is 2.19. The molecule has 14 heavy (non-hydrogen) atoms. The maximum absolute atomic E-state index is 2.41. The van der Waals surface area contributed by atoms with Crippen molar-refractivity contribution in [2.75, 3.05) is 6.16 Å². The first kappa shape index (κ1) is 14.4. The quantitative estimate of drug-likeness (QED) is 0.551. The summed E-state index contributed by atoms with van der Waals surface area (Å²) in [5, 5.41) is 1.02. The van der Waals surface area contributed by atoms with Crippen molar-refractivity contribution in [3.63, 3.8) is 0 Å². The molecule has 86 valence electrons. The second kappa shape index (κ2) is 4.12. The first-order valence-corrected chi connectivity index (χ1v) is 7.41. The lowest BCUT2D eigenvalue weighted by Gasteiger charge is -2.37. The molecule has 0 unspecified atom stereocenters. The molecule has 0 bridgehead atoms. The number of hydrogen-bond acceptors (Lipinski definition) is 0. The summed E-state index contributed by atoms with van der Waals surface area (Å²) in [6, 6.07) is 0. The van der Waals surface area contributed by atoms with Gasteiger partial charge in [-0.15, -0.1) is 0 Å². The lowest BCUT2D eigenvalue weighted by atomic mass is 10.0. The third kappa shape index (κ3) is 5.35. The molecule has 0 aliphatic rings. The average molecular weight is 217 g/mol. The van der Waals surface area contributed by atoms with Gasteiger partial charge in [0.2, 0.25) is 0 Å². The van der Waals surface area contributed by atoms with Gasteiger partial charge in [0.05, 0.1) is 16.5 Å². The molecule has 0 aromatic carbocycles. The lowest BCUT2D eigenvalue weighted by Crippen LogP contribution is -2.30. The molecule has 0 aromatic rings. The molecule has 1 heteroatoms. The van der Waals surface area contributed by atoms with Gasteiger partial charge in [-0.05, 0) is 47.0 Å². The molecule has 0 aliphatic carbocycles. The summed E-state index contributed by atoms with van der Waals surface area (Å²) >= 11 is 0. The van der Waals surface area contributed by atoms with Gasteiger partial charge in [-0.2, -0.15) is 0 Å². The first-order chi connectivity index (χ1) is 5.84. The van der Waals surface area contributed by atoms with E-state index in [0.29, 0.717) is 15.7 Å². The highest BCUT2D eigenvalue weighted by Gasteiger charge is 2.43. The third-order valence-electron chi connectivity index (χ3n) is 2.52. The second-order valence-corrected chi connectivity index (χ2v) is 12.0. The molecule has 0 saturated heterocycles. The van der Waals surface area contributed by atoms with Gasteiger partial charge in [0.25, 0.3) is 0 Å². The Kier molecular flexibility index (Phi) is 4.25. The highest BCUT2D eigenvalue weighted by Crippen LogP contribution is 2.61. The van der Waals surface area contributed by atoms with Crippen LogP contribution in [0.2, 0.25) is 0 Å². The minimum absolute atomic E-state index is 0.333. The minimum atomic E-state index is -0.333. The Labute approximate surface area is 92.6 Å². The molecule has 0 radical (unpaired) electrons. The predicted molar refractivity (Wildman–Crippen MR) is 72.1 cm³/mol. The molecular formula is C13H30P+. The Bertz CT molecular complexity index is 159. The maximum atomic E-state index is 2.41. The summed E-state index contributed by atoms with van der Waals surface area (Å²) in [6.07, 6.45) is 1.41. The maximum Gasteiger partial charge on any atom is 0.0698 e. The van der Waals surface area contributed by atoms with Crippen molar-refractivity contribution < 1.29 is 0 Å².